The summed E-state index contributed by atoms with van der Waals surface area (Å²) in [4.78, 5) is 8.80. The zero-order valence-corrected chi connectivity index (χ0v) is 16.5. The first kappa shape index (κ1) is 19.8. The molecule has 0 aliphatic carbocycles. The molecule has 2 atom stereocenters. The maximum Gasteiger partial charge on any atom is 0.181 e. The Kier molecular flexibility index (Phi) is 5.81. The van der Waals surface area contributed by atoms with Crippen LogP contribution in [0.4, 0.5) is 0 Å². The average Bonchev–Trinajstić information content (AvgIpc) is 3.07. The normalized spacial score (nSPS) is 23.5. The van der Waals surface area contributed by atoms with Gasteiger partial charge >= 0.3 is 0 Å². The molecule has 144 valence electrons. The molecule has 1 aliphatic heterocycles. The first-order chi connectivity index (χ1) is 12.6. The van der Waals surface area contributed by atoms with Gasteiger partial charge in [0.15, 0.2) is 5.65 Å². The van der Waals surface area contributed by atoms with E-state index in [1.165, 1.54) is 0 Å². The van der Waals surface area contributed by atoms with Crippen LogP contribution in [0, 0.1) is 0 Å². The van der Waals surface area contributed by atoms with Crippen LogP contribution in [0.2, 0.25) is 0 Å². The zero-order valence-electron chi connectivity index (χ0n) is 15.7. The number of likely N-dealkylation sites (tertiary alicyclic amines) is 1. The quantitative estimate of drug-likeness (QED) is 0.719. The number of fused-ring (bicyclic) bond motifs is 1. The lowest BCUT2D eigenvalue weighted by molar-refractivity contribution is -0.0894. The number of rotatable bonds is 4. The second kappa shape index (κ2) is 7.94. The summed E-state index contributed by atoms with van der Waals surface area (Å²) in [5.74, 6) is 0. The standard InChI is InChI=1S/C20H25N5O.ClH/c1-24(2)18-14-25(12-10-20(18,26)15-7-4-3-5-8-15)13-17-16-9-6-11-21-19(16)23-22-17;/h3-9,11,18,26H,10,12-14H2,1-2H3,(H,21,22,23);1H/t18-,20+;/m1./s1. The van der Waals surface area contributed by atoms with E-state index in [-0.39, 0.29) is 18.4 Å². The molecule has 27 heavy (non-hydrogen) atoms. The van der Waals surface area contributed by atoms with Gasteiger partial charge in [0, 0.05) is 31.2 Å². The largest absolute Gasteiger partial charge is 0.383 e. The van der Waals surface area contributed by atoms with Crippen molar-refractivity contribution in [3.05, 3.63) is 59.9 Å². The molecule has 0 saturated carbocycles. The minimum absolute atomic E-state index is 0. The topological polar surface area (TPSA) is 68.3 Å². The molecule has 1 aromatic carbocycles. The Hall–Kier alpha value is -1.99. The van der Waals surface area contributed by atoms with Crippen molar-refractivity contribution >= 4 is 23.4 Å². The summed E-state index contributed by atoms with van der Waals surface area (Å²) in [6.07, 6.45) is 2.46. The Morgan fingerprint density at radius 2 is 2.00 bits per heavy atom. The minimum atomic E-state index is -0.834. The van der Waals surface area contributed by atoms with Gasteiger partial charge in [-0.05, 0) is 38.2 Å². The molecule has 0 unspecified atom stereocenters. The molecule has 1 aliphatic rings. The van der Waals surface area contributed by atoms with E-state index in [0.29, 0.717) is 6.42 Å². The highest BCUT2D eigenvalue weighted by atomic mass is 35.5. The lowest BCUT2D eigenvalue weighted by Gasteiger charge is -2.47. The lowest BCUT2D eigenvalue weighted by atomic mass is 9.80. The van der Waals surface area contributed by atoms with Crippen LogP contribution in [0.25, 0.3) is 11.0 Å². The van der Waals surface area contributed by atoms with Gasteiger partial charge < -0.3 is 10.0 Å². The number of hydrogen-bond donors (Lipinski definition) is 2. The molecule has 2 N–H and O–H groups in total. The molecule has 4 rings (SSSR count). The molecule has 3 heterocycles. The van der Waals surface area contributed by atoms with Gasteiger partial charge in [0.05, 0.1) is 11.7 Å². The molecular formula is C20H26ClN5O. The number of nitrogens with zero attached hydrogens (tertiary/aromatic N) is 4. The second-order valence-electron chi connectivity index (χ2n) is 7.33. The molecule has 1 saturated heterocycles. The number of pyridine rings is 1. The molecule has 0 radical (unpaired) electrons. The van der Waals surface area contributed by atoms with E-state index in [2.05, 4.69) is 31.0 Å². The summed E-state index contributed by atoms with van der Waals surface area (Å²) in [5.41, 5.74) is 1.99. The summed E-state index contributed by atoms with van der Waals surface area (Å²) in [5, 5.41) is 20.0. The van der Waals surface area contributed by atoms with E-state index in [1.807, 2.05) is 50.5 Å². The Morgan fingerprint density at radius 1 is 1.22 bits per heavy atom. The van der Waals surface area contributed by atoms with Gasteiger partial charge in [-0.2, -0.15) is 5.10 Å². The molecule has 0 amide bonds. The third kappa shape index (κ3) is 3.71. The number of nitrogens with one attached hydrogen (secondary N) is 1. The van der Waals surface area contributed by atoms with Crippen LogP contribution >= 0.6 is 12.4 Å². The van der Waals surface area contributed by atoms with Gasteiger partial charge in [0.25, 0.3) is 0 Å². The van der Waals surface area contributed by atoms with E-state index in [0.717, 1.165) is 41.9 Å². The van der Waals surface area contributed by atoms with Gasteiger partial charge in [0.2, 0.25) is 0 Å². The summed E-state index contributed by atoms with van der Waals surface area (Å²) in [6, 6.07) is 14.0. The highest BCUT2D eigenvalue weighted by Gasteiger charge is 2.44. The van der Waals surface area contributed by atoms with Crippen LogP contribution in [-0.2, 0) is 12.1 Å². The fourth-order valence-corrected chi connectivity index (χ4v) is 4.03. The number of aromatic nitrogens is 3. The smallest absolute Gasteiger partial charge is 0.181 e. The third-order valence-electron chi connectivity index (χ3n) is 5.48. The zero-order chi connectivity index (χ0) is 18.1. The molecular weight excluding hydrogens is 362 g/mol. The van der Waals surface area contributed by atoms with Gasteiger partial charge in [-0.15, -0.1) is 12.4 Å². The number of aliphatic hydroxyl groups is 1. The Balaban J connectivity index is 0.00000210. The fraction of sp³-hybridized carbons (Fsp3) is 0.400. The number of likely N-dealkylation sites (N-methyl/N-ethyl adjacent to an activating group) is 1. The third-order valence-corrected chi connectivity index (χ3v) is 5.48. The number of aromatic amines is 1. The molecule has 0 spiro atoms. The molecule has 6 nitrogen and oxygen atoms in total. The van der Waals surface area contributed by atoms with Crippen molar-refractivity contribution < 1.29 is 5.11 Å². The second-order valence-corrected chi connectivity index (χ2v) is 7.33. The van der Waals surface area contributed by atoms with Crippen LogP contribution in [0.1, 0.15) is 17.7 Å². The van der Waals surface area contributed by atoms with Crippen molar-refractivity contribution in [1.82, 2.24) is 25.0 Å². The first-order valence-electron chi connectivity index (χ1n) is 9.02. The summed E-state index contributed by atoms with van der Waals surface area (Å²) >= 11 is 0. The van der Waals surface area contributed by atoms with Gasteiger partial charge in [0.1, 0.15) is 5.60 Å². The summed E-state index contributed by atoms with van der Waals surface area (Å²) in [7, 11) is 4.08. The maximum atomic E-state index is 11.5. The van der Waals surface area contributed by atoms with Crippen molar-refractivity contribution in [1.29, 1.82) is 0 Å². The highest BCUT2D eigenvalue weighted by molar-refractivity contribution is 5.85. The molecule has 7 heteroatoms. The van der Waals surface area contributed by atoms with E-state index in [9.17, 15) is 5.11 Å². The number of hydrogen-bond acceptors (Lipinski definition) is 5. The predicted molar refractivity (Wildman–Crippen MR) is 109 cm³/mol. The number of benzene rings is 1. The molecule has 2 aromatic heterocycles. The number of H-pyrrole nitrogens is 1. The van der Waals surface area contributed by atoms with Crippen molar-refractivity contribution in [2.45, 2.75) is 24.6 Å². The fourth-order valence-electron chi connectivity index (χ4n) is 4.03. The first-order valence-corrected chi connectivity index (χ1v) is 9.02. The maximum absolute atomic E-state index is 11.5. The van der Waals surface area contributed by atoms with E-state index >= 15 is 0 Å². The van der Waals surface area contributed by atoms with Crippen molar-refractivity contribution in [2.24, 2.45) is 0 Å². The predicted octanol–water partition coefficient (Wildman–Crippen LogP) is 2.40. The van der Waals surface area contributed by atoms with Gasteiger partial charge in [-0.1, -0.05) is 30.3 Å². The van der Waals surface area contributed by atoms with Crippen LogP contribution in [0.15, 0.2) is 48.7 Å². The van der Waals surface area contributed by atoms with Crippen molar-refractivity contribution in [3.63, 3.8) is 0 Å². The summed E-state index contributed by atoms with van der Waals surface area (Å²) < 4.78 is 0. The molecule has 0 bridgehead atoms. The van der Waals surface area contributed by atoms with Crippen LogP contribution < -0.4 is 0 Å². The van der Waals surface area contributed by atoms with Crippen molar-refractivity contribution in [3.8, 4) is 0 Å². The number of piperidine rings is 1. The van der Waals surface area contributed by atoms with E-state index in [4.69, 9.17) is 0 Å². The Morgan fingerprint density at radius 3 is 2.74 bits per heavy atom. The van der Waals surface area contributed by atoms with Crippen LogP contribution in [-0.4, -0.2) is 63.3 Å². The average molecular weight is 388 g/mol. The van der Waals surface area contributed by atoms with Gasteiger partial charge in [-0.3, -0.25) is 10.00 Å². The SMILES string of the molecule is CN(C)[C@@H]1CN(Cc2[nH]nc3ncccc23)CC[C@]1(O)c1ccccc1.Cl. The molecule has 1 fully saturated rings. The number of halogens is 1. The van der Waals surface area contributed by atoms with Gasteiger partial charge in [-0.25, -0.2) is 4.98 Å². The highest BCUT2D eigenvalue weighted by Crippen LogP contribution is 2.35. The Bertz CT molecular complexity index is 884. The van der Waals surface area contributed by atoms with E-state index < -0.39 is 5.60 Å². The van der Waals surface area contributed by atoms with Crippen LogP contribution in [0.3, 0.4) is 0 Å². The molecule has 3 aromatic rings. The minimum Gasteiger partial charge on any atom is -0.383 e. The Labute approximate surface area is 165 Å². The monoisotopic (exact) mass is 387 g/mol. The van der Waals surface area contributed by atoms with E-state index in [1.54, 1.807) is 6.20 Å². The van der Waals surface area contributed by atoms with Crippen molar-refractivity contribution in [2.75, 3.05) is 27.2 Å². The van der Waals surface area contributed by atoms with Crippen LogP contribution in [0.5, 0.6) is 0 Å². The summed E-state index contributed by atoms with van der Waals surface area (Å²) in [6.45, 7) is 2.40. The lowest BCUT2D eigenvalue weighted by Crippen LogP contribution is -2.58.